The first kappa shape index (κ1) is 18.7. The highest BCUT2D eigenvalue weighted by Crippen LogP contribution is 2.33. The van der Waals surface area contributed by atoms with Gasteiger partial charge in [0.15, 0.2) is 5.13 Å². The molecular weight excluding hydrogens is 348 g/mol. The van der Waals surface area contributed by atoms with Gasteiger partial charge in [-0.05, 0) is 25.1 Å². The first-order chi connectivity index (χ1) is 12.5. The highest BCUT2D eigenvalue weighted by atomic mass is 32.1. The Hall–Kier alpha value is -2.12. The second kappa shape index (κ2) is 8.05. The van der Waals surface area contributed by atoms with Gasteiger partial charge in [0.2, 0.25) is 0 Å². The third-order valence-electron chi connectivity index (χ3n) is 4.51. The summed E-state index contributed by atoms with van der Waals surface area (Å²) in [6.45, 7) is 8.10. The number of piperazine rings is 1. The number of ether oxygens (including phenoxy) is 1. The number of nitrogens with one attached hydrogen (secondary N) is 1. The van der Waals surface area contributed by atoms with E-state index in [4.69, 9.17) is 9.72 Å². The minimum Gasteiger partial charge on any atom is -0.495 e. The Balaban J connectivity index is 1.85. The predicted octanol–water partition coefficient (Wildman–Crippen LogP) is 3.28. The zero-order valence-electron chi connectivity index (χ0n) is 15.8. The molecule has 0 saturated carbocycles. The molecule has 0 atom stereocenters. The molecule has 1 N–H and O–H groups in total. The number of anilines is 2. The van der Waals surface area contributed by atoms with Gasteiger partial charge in [-0.2, -0.15) is 0 Å². The van der Waals surface area contributed by atoms with E-state index in [0.29, 0.717) is 17.1 Å². The summed E-state index contributed by atoms with van der Waals surface area (Å²) >= 11 is 1.63. The van der Waals surface area contributed by atoms with Crippen LogP contribution in [-0.2, 0) is 0 Å². The second-order valence-electron chi connectivity index (χ2n) is 6.81. The molecule has 0 spiro atoms. The summed E-state index contributed by atoms with van der Waals surface area (Å²) in [4.78, 5) is 23.2. The van der Waals surface area contributed by atoms with Crippen molar-refractivity contribution in [3.05, 3.63) is 34.8 Å². The molecule has 0 radical (unpaired) electrons. The second-order valence-corrected chi connectivity index (χ2v) is 7.82. The number of carbonyl (C=O) groups is 1. The van der Waals surface area contributed by atoms with Crippen LogP contribution in [0.5, 0.6) is 5.75 Å². The predicted molar refractivity (Wildman–Crippen MR) is 107 cm³/mol. The fourth-order valence-electron chi connectivity index (χ4n) is 2.94. The van der Waals surface area contributed by atoms with Crippen molar-refractivity contribution < 1.29 is 9.53 Å². The van der Waals surface area contributed by atoms with E-state index in [2.05, 4.69) is 36.0 Å². The molecule has 1 amide bonds. The van der Waals surface area contributed by atoms with Gasteiger partial charge in [0.1, 0.15) is 11.4 Å². The van der Waals surface area contributed by atoms with Gasteiger partial charge < -0.3 is 19.9 Å². The van der Waals surface area contributed by atoms with Crippen LogP contribution in [-0.4, -0.2) is 56.1 Å². The van der Waals surface area contributed by atoms with Crippen molar-refractivity contribution in [2.45, 2.75) is 19.8 Å². The molecule has 0 bridgehead atoms. The van der Waals surface area contributed by atoms with E-state index in [0.717, 1.165) is 36.2 Å². The normalized spacial score (nSPS) is 15.3. The van der Waals surface area contributed by atoms with Crippen molar-refractivity contribution in [1.82, 2.24) is 9.88 Å². The maximum Gasteiger partial charge on any atom is 0.275 e. The van der Waals surface area contributed by atoms with E-state index in [9.17, 15) is 4.79 Å². The van der Waals surface area contributed by atoms with Crippen molar-refractivity contribution in [3.8, 4) is 5.75 Å². The number of likely N-dealkylation sites (N-methyl/N-ethyl adjacent to an activating group) is 1. The number of aromatic nitrogens is 1. The molecule has 0 unspecified atom stereocenters. The zero-order valence-corrected chi connectivity index (χ0v) is 16.6. The van der Waals surface area contributed by atoms with Crippen LogP contribution in [0, 0.1) is 0 Å². The minimum absolute atomic E-state index is 0.185. The molecule has 1 aromatic heterocycles. The van der Waals surface area contributed by atoms with Gasteiger partial charge in [0.25, 0.3) is 5.91 Å². The standard InChI is InChI=1S/C19H26N4O2S/c1-13(2)17-16(18(24)20-14-7-5-6-8-15(14)25-4)21-19(26-17)23-11-9-22(3)10-12-23/h5-8,13H,9-12H2,1-4H3,(H,20,24). The SMILES string of the molecule is COc1ccccc1NC(=O)c1nc(N2CCN(C)CC2)sc1C(C)C. The fraction of sp³-hybridized carbons (Fsp3) is 0.474. The molecule has 1 saturated heterocycles. The van der Waals surface area contributed by atoms with Gasteiger partial charge in [0.05, 0.1) is 12.8 Å². The lowest BCUT2D eigenvalue weighted by molar-refractivity contribution is 0.102. The Bertz CT molecular complexity index is 767. The van der Waals surface area contributed by atoms with E-state index >= 15 is 0 Å². The molecule has 2 aromatic rings. The number of para-hydroxylation sites is 2. The van der Waals surface area contributed by atoms with E-state index in [1.807, 2.05) is 24.3 Å². The number of hydrogen-bond acceptors (Lipinski definition) is 6. The lowest BCUT2D eigenvalue weighted by Crippen LogP contribution is -2.44. The van der Waals surface area contributed by atoms with Crippen molar-refractivity contribution in [2.75, 3.05) is 50.6 Å². The monoisotopic (exact) mass is 374 g/mol. The minimum atomic E-state index is -0.185. The summed E-state index contributed by atoms with van der Waals surface area (Å²) < 4.78 is 5.32. The van der Waals surface area contributed by atoms with Crippen molar-refractivity contribution in [2.24, 2.45) is 0 Å². The van der Waals surface area contributed by atoms with Crippen molar-refractivity contribution >= 4 is 28.1 Å². The largest absolute Gasteiger partial charge is 0.495 e. The number of amides is 1. The maximum atomic E-state index is 12.9. The number of methoxy groups -OCH3 is 1. The van der Waals surface area contributed by atoms with Crippen LogP contribution in [0.3, 0.4) is 0 Å². The van der Waals surface area contributed by atoms with Gasteiger partial charge >= 0.3 is 0 Å². The highest BCUT2D eigenvalue weighted by molar-refractivity contribution is 7.16. The van der Waals surface area contributed by atoms with Crippen LogP contribution >= 0.6 is 11.3 Å². The van der Waals surface area contributed by atoms with Gasteiger partial charge in [-0.1, -0.05) is 26.0 Å². The lowest BCUT2D eigenvalue weighted by atomic mass is 10.1. The summed E-state index contributed by atoms with van der Waals surface area (Å²) in [7, 11) is 3.73. The Morgan fingerprint density at radius 3 is 2.58 bits per heavy atom. The van der Waals surface area contributed by atoms with Crippen LogP contribution in [0.15, 0.2) is 24.3 Å². The molecule has 6 nitrogen and oxygen atoms in total. The third-order valence-corrected chi connectivity index (χ3v) is 5.93. The molecule has 2 heterocycles. The van der Waals surface area contributed by atoms with Gasteiger partial charge in [-0.25, -0.2) is 4.98 Å². The first-order valence-corrected chi connectivity index (χ1v) is 9.69. The first-order valence-electron chi connectivity index (χ1n) is 8.88. The smallest absolute Gasteiger partial charge is 0.275 e. The van der Waals surface area contributed by atoms with Crippen LogP contribution in [0.4, 0.5) is 10.8 Å². The Kier molecular flexibility index (Phi) is 5.78. The van der Waals surface area contributed by atoms with Crippen LogP contribution in [0.1, 0.15) is 35.1 Å². The Labute approximate surface area is 158 Å². The summed E-state index contributed by atoms with van der Waals surface area (Å²) in [5, 5.41) is 3.89. The van der Waals surface area contributed by atoms with Gasteiger partial charge in [0, 0.05) is 31.1 Å². The summed E-state index contributed by atoms with van der Waals surface area (Å²) in [5.74, 6) is 0.698. The van der Waals surface area contributed by atoms with E-state index < -0.39 is 0 Å². The van der Waals surface area contributed by atoms with E-state index in [1.54, 1.807) is 18.4 Å². The number of hydrogen-bond donors (Lipinski definition) is 1. The van der Waals surface area contributed by atoms with Gasteiger partial charge in [-0.3, -0.25) is 4.79 Å². The van der Waals surface area contributed by atoms with Crippen LogP contribution in [0.2, 0.25) is 0 Å². The Morgan fingerprint density at radius 1 is 1.23 bits per heavy atom. The third kappa shape index (κ3) is 3.99. The molecule has 140 valence electrons. The maximum absolute atomic E-state index is 12.9. The molecule has 1 aliphatic heterocycles. The summed E-state index contributed by atoms with van der Waals surface area (Å²) in [6.07, 6.45) is 0. The molecular formula is C19H26N4O2S. The van der Waals surface area contributed by atoms with Crippen molar-refractivity contribution in [3.63, 3.8) is 0 Å². The van der Waals surface area contributed by atoms with Gasteiger partial charge in [-0.15, -0.1) is 11.3 Å². The lowest BCUT2D eigenvalue weighted by Gasteiger charge is -2.32. The highest BCUT2D eigenvalue weighted by Gasteiger charge is 2.25. The molecule has 26 heavy (non-hydrogen) atoms. The number of rotatable bonds is 5. The Morgan fingerprint density at radius 2 is 1.92 bits per heavy atom. The fourth-order valence-corrected chi connectivity index (χ4v) is 4.05. The molecule has 1 aliphatic rings. The zero-order chi connectivity index (χ0) is 18.7. The topological polar surface area (TPSA) is 57.7 Å². The molecule has 7 heteroatoms. The number of thiazole rings is 1. The number of benzene rings is 1. The van der Waals surface area contributed by atoms with Crippen LogP contribution in [0.25, 0.3) is 0 Å². The average molecular weight is 375 g/mol. The number of carbonyl (C=O) groups excluding carboxylic acids is 1. The summed E-state index contributed by atoms with van der Waals surface area (Å²) in [6, 6.07) is 7.41. The van der Waals surface area contributed by atoms with Crippen LogP contribution < -0.4 is 15.0 Å². The number of nitrogens with zero attached hydrogens (tertiary/aromatic N) is 3. The van der Waals surface area contributed by atoms with E-state index in [-0.39, 0.29) is 11.8 Å². The molecule has 3 rings (SSSR count). The molecule has 1 aromatic carbocycles. The molecule has 1 fully saturated rings. The quantitative estimate of drug-likeness (QED) is 0.870. The van der Waals surface area contributed by atoms with Crippen molar-refractivity contribution in [1.29, 1.82) is 0 Å². The van der Waals surface area contributed by atoms with E-state index in [1.165, 1.54) is 0 Å². The summed E-state index contributed by atoms with van der Waals surface area (Å²) in [5.41, 5.74) is 1.17. The molecule has 0 aliphatic carbocycles. The average Bonchev–Trinajstić information content (AvgIpc) is 3.08.